The molecular formula is C48H40N4. The predicted molar refractivity (Wildman–Crippen MR) is 224 cm³/mol. The maximum absolute atomic E-state index is 5.19. The molecule has 0 amide bonds. The number of aromatic nitrogens is 4. The number of rotatable bonds is 10. The standard InChI is InChI=1S/C48H40N4/c1-5-9-18-33(8-4)41-32-42(50-48(49-41)35-19-13-11-12-14-20-35)36-22-15-24-40(31-36)52-43-25-16-21-34-26-27-37-30-38-28-29-51(39(17-7-3)23-10-6-2)46(38)47(52)45(37)44(34)43/h5-11,13-16,18-32H,3-4,12,17H2,1-2H3/b9-5-,10-6-,33-18+,39-23+. The molecule has 0 spiro atoms. The van der Waals surface area contributed by atoms with E-state index in [0.29, 0.717) is 5.82 Å². The average molecular weight is 673 g/mol. The van der Waals surface area contributed by atoms with Crippen LogP contribution in [0.4, 0.5) is 0 Å². The summed E-state index contributed by atoms with van der Waals surface area (Å²) >= 11 is 0. The third-order valence-electron chi connectivity index (χ3n) is 9.70. The first-order valence-corrected chi connectivity index (χ1v) is 17.8. The fourth-order valence-corrected chi connectivity index (χ4v) is 7.35. The minimum atomic E-state index is 0.680. The smallest absolute Gasteiger partial charge is 0.160 e. The zero-order valence-corrected chi connectivity index (χ0v) is 29.6. The van der Waals surface area contributed by atoms with Gasteiger partial charge in [-0.15, -0.1) is 6.58 Å². The van der Waals surface area contributed by atoms with Crippen molar-refractivity contribution in [2.45, 2.75) is 26.7 Å². The molecule has 7 aromatic rings. The summed E-state index contributed by atoms with van der Waals surface area (Å²) in [5.74, 6) is 0.680. The van der Waals surface area contributed by atoms with E-state index in [1.165, 1.54) is 43.5 Å². The molecule has 52 heavy (non-hydrogen) atoms. The van der Waals surface area contributed by atoms with Gasteiger partial charge in [-0.05, 0) is 79.1 Å². The van der Waals surface area contributed by atoms with Crippen LogP contribution in [-0.2, 0) is 0 Å². The van der Waals surface area contributed by atoms with Crippen LogP contribution in [0, 0.1) is 0 Å². The van der Waals surface area contributed by atoms with E-state index in [9.17, 15) is 0 Å². The van der Waals surface area contributed by atoms with Crippen molar-refractivity contribution in [2.75, 3.05) is 0 Å². The highest BCUT2D eigenvalue weighted by Crippen LogP contribution is 2.43. The molecule has 0 unspecified atom stereocenters. The Morgan fingerprint density at radius 3 is 2.50 bits per heavy atom. The Kier molecular flexibility index (Phi) is 8.80. The highest BCUT2D eigenvalue weighted by molar-refractivity contribution is 6.29. The van der Waals surface area contributed by atoms with Crippen molar-refractivity contribution < 1.29 is 0 Å². The maximum atomic E-state index is 5.19. The fourth-order valence-electron chi connectivity index (χ4n) is 7.35. The van der Waals surface area contributed by atoms with Crippen molar-refractivity contribution in [1.82, 2.24) is 19.1 Å². The van der Waals surface area contributed by atoms with Crippen LogP contribution < -0.4 is 0 Å². The van der Waals surface area contributed by atoms with E-state index in [-0.39, 0.29) is 0 Å². The van der Waals surface area contributed by atoms with Crippen LogP contribution in [0.3, 0.4) is 0 Å². The zero-order valence-electron chi connectivity index (χ0n) is 29.6. The molecule has 0 atom stereocenters. The number of benzene rings is 4. The van der Waals surface area contributed by atoms with Crippen molar-refractivity contribution in [3.8, 4) is 16.9 Å². The quantitative estimate of drug-likeness (QED) is 0.0823. The van der Waals surface area contributed by atoms with Gasteiger partial charge in [-0.3, -0.25) is 0 Å². The number of allylic oxidation sites excluding steroid dienone is 16. The van der Waals surface area contributed by atoms with Gasteiger partial charge in [-0.2, -0.15) is 0 Å². The van der Waals surface area contributed by atoms with Gasteiger partial charge < -0.3 is 9.13 Å². The molecule has 0 N–H and O–H groups in total. The third kappa shape index (κ3) is 5.69. The summed E-state index contributed by atoms with van der Waals surface area (Å²) in [7, 11) is 0. The summed E-state index contributed by atoms with van der Waals surface area (Å²) in [6.07, 6.45) is 30.6. The average Bonchev–Trinajstić information content (AvgIpc) is 3.63. The van der Waals surface area contributed by atoms with Crippen molar-refractivity contribution in [3.63, 3.8) is 0 Å². The van der Waals surface area contributed by atoms with Gasteiger partial charge in [-0.1, -0.05) is 116 Å². The van der Waals surface area contributed by atoms with Crippen molar-refractivity contribution in [3.05, 3.63) is 183 Å². The zero-order chi connectivity index (χ0) is 35.6. The lowest BCUT2D eigenvalue weighted by atomic mass is 10.0. The van der Waals surface area contributed by atoms with Gasteiger partial charge in [0.2, 0.25) is 0 Å². The van der Waals surface area contributed by atoms with Gasteiger partial charge in [-0.25, -0.2) is 9.97 Å². The topological polar surface area (TPSA) is 35.6 Å². The first-order chi connectivity index (χ1) is 25.6. The number of hydrogen-bond acceptors (Lipinski definition) is 2. The molecule has 8 rings (SSSR count). The van der Waals surface area contributed by atoms with Gasteiger partial charge in [0.25, 0.3) is 0 Å². The third-order valence-corrected chi connectivity index (χ3v) is 9.70. The molecule has 3 aromatic heterocycles. The lowest BCUT2D eigenvalue weighted by Gasteiger charge is -2.15. The van der Waals surface area contributed by atoms with E-state index in [4.69, 9.17) is 9.97 Å². The SMILES string of the molecule is C=CC/C(=C\C=C/C)n1ccc2cc3ccc4cccc5c4c3c(c21)n5-c1cccc(-c2cc(/C(C=C)=C/C=C\C)nc(C3=CC=CCC=C3)n2)c1. The second-order valence-corrected chi connectivity index (χ2v) is 13.0. The predicted octanol–water partition coefficient (Wildman–Crippen LogP) is 12.8. The summed E-state index contributed by atoms with van der Waals surface area (Å²) in [5.41, 5.74) is 10.4. The Morgan fingerprint density at radius 2 is 1.65 bits per heavy atom. The lowest BCUT2D eigenvalue weighted by Crippen LogP contribution is -2.01. The van der Waals surface area contributed by atoms with E-state index in [1.54, 1.807) is 0 Å². The lowest BCUT2D eigenvalue weighted by molar-refractivity contribution is 1.09. The van der Waals surface area contributed by atoms with Gasteiger partial charge in [0.15, 0.2) is 5.82 Å². The van der Waals surface area contributed by atoms with Crippen LogP contribution in [0.25, 0.3) is 77.3 Å². The molecule has 4 aromatic carbocycles. The Morgan fingerprint density at radius 1 is 0.808 bits per heavy atom. The molecule has 0 fully saturated rings. The summed E-state index contributed by atoms with van der Waals surface area (Å²) in [6.45, 7) is 12.3. The first kappa shape index (κ1) is 32.7. The van der Waals surface area contributed by atoms with Gasteiger partial charge in [0, 0.05) is 51.3 Å². The molecule has 1 aliphatic carbocycles. The number of fused-ring (bicyclic) bond motifs is 2. The molecule has 0 bridgehead atoms. The molecule has 0 aliphatic heterocycles. The van der Waals surface area contributed by atoms with Crippen molar-refractivity contribution >= 4 is 60.3 Å². The van der Waals surface area contributed by atoms with E-state index >= 15 is 0 Å². The minimum Gasteiger partial charge on any atom is -0.318 e. The largest absolute Gasteiger partial charge is 0.318 e. The molecule has 1 aliphatic rings. The second kappa shape index (κ2) is 14.0. The van der Waals surface area contributed by atoms with Crippen LogP contribution in [0.15, 0.2) is 171 Å². The van der Waals surface area contributed by atoms with Crippen LogP contribution in [0.1, 0.15) is 38.2 Å². The molecule has 4 nitrogen and oxygen atoms in total. The molecule has 252 valence electrons. The molecule has 3 heterocycles. The van der Waals surface area contributed by atoms with Gasteiger partial charge in [0.05, 0.1) is 27.9 Å². The normalized spacial score (nSPS) is 14.2. The monoisotopic (exact) mass is 672 g/mol. The molecule has 0 radical (unpaired) electrons. The minimum absolute atomic E-state index is 0.680. The fraction of sp³-hybridized carbons (Fsp3) is 0.0833. The highest BCUT2D eigenvalue weighted by atomic mass is 15.0. The maximum Gasteiger partial charge on any atom is 0.160 e. The Bertz CT molecular complexity index is 2730. The van der Waals surface area contributed by atoms with Gasteiger partial charge >= 0.3 is 0 Å². The molecule has 0 saturated heterocycles. The van der Waals surface area contributed by atoms with Crippen molar-refractivity contribution in [1.29, 1.82) is 0 Å². The molecular weight excluding hydrogens is 633 g/mol. The van der Waals surface area contributed by atoms with E-state index in [0.717, 1.165) is 52.3 Å². The van der Waals surface area contributed by atoms with E-state index in [2.05, 4.69) is 150 Å². The van der Waals surface area contributed by atoms with Crippen molar-refractivity contribution in [2.24, 2.45) is 0 Å². The Hall–Kier alpha value is -6.52. The molecule has 0 saturated carbocycles. The summed E-state index contributed by atoms with van der Waals surface area (Å²) < 4.78 is 4.78. The summed E-state index contributed by atoms with van der Waals surface area (Å²) in [4.78, 5) is 10.2. The van der Waals surface area contributed by atoms with E-state index < -0.39 is 0 Å². The number of hydrogen-bond donors (Lipinski definition) is 0. The van der Waals surface area contributed by atoms with Crippen LogP contribution in [0.5, 0.6) is 0 Å². The Labute approximate surface area is 304 Å². The van der Waals surface area contributed by atoms with E-state index in [1.807, 2.05) is 44.2 Å². The van der Waals surface area contributed by atoms with Crippen LogP contribution in [-0.4, -0.2) is 19.1 Å². The summed E-state index contributed by atoms with van der Waals surface area (Å²) in [6, 6.07) is 26.5. The first-order valence-electron chi connectivity index (χ1n) is 17.8. The highest BCUT2D eigenvalue weighted by Gasteiger charge is 2.22. The molecule has 4 heteroatoms. The van der Waals surface area contributed by atoms with Crippen LogP contribution >= 0.6 is 0 Å². The Balaban J connectivity index is 1.41. The van der Waals surface area contributed by atoms with Gasteiger partial charge in [0.1, 0.15) is 0 Å². The summed E-state index contributed by atoms with van der Waals surface area (Å²) in [5, 5.41) is 6.20. The number of nitrogens with zero attached hydrogens (tertiary/aromatic N) is 4. The second-order valence-electron chi connectivity index (χ2n) is 13.0. The van der Waals surface area contributed by atoms with Crippen LogP contribution in [0.2, 0.25) is 0 Å².